The first-order chi connectivity index (χ1) is 25.2. The predicted octanol–water partition coefficient (Wildman–Crippen LogP) is 5.23. The van der Waals surface area contributed by atoms with Crippen molar-refractivity contribution >= 4 is 40.7 Å². The van der Waals surface area contributed by atoms with Gasteiger partial charge in [-0.25, -0.2) is 14.1 Å². The van der Waals surface area contributed by atoms with Gasteiger partial charge in [-0.3, -0.25) is 24.5 Å². The molecule has 1 atom stereocenters. The van der Waals surface area contributed by atoms with E-state index in [0.29, 0.717) is 29.4 Å². The Balaban J connectivity index is 0.914. The maximum atomic E-state index is 15.2. The molecule has 2 aromatic heterocycles. The number of carbonyl (C=O) groups excluding carboxylic acids is 4. The molecule has 1 unspecified atom stereocenters. The van der Waals surface area contributed by atoms with Crippen LogP contribution in [0.1, 0.15) is 70.8 Å². The number of aromatic nitrogens is 3. The summed E-state index contributed by atoms with van der Waals surface area (Å²) in [5.74, 6) is -2.46. The van der Waals surface area contributed by atoms with Gasteiger partial charge in [-0.15, -0.1) is 0 Å². The molecule has 0 radical (unpaired) electrons. The summed E-state index contributed by atoms with van der Waals surface area (Å²) in [6.45, 7) is 1.49. The number of alkyl halides is 3. The molecule has 0 bridgehead atoms. The molecule has 7 rings (SSSR count). The summed E-state index contributed by atoms with van der Waals surface area (Å²) in [6, 6.07) is 14.8. The number of primary amides is 1. The number of pyridine rings is 1. The highest BCUT2D eigenvalue weighted by Gasteiger charge is 2.45. The number of amides is 4. The third-order valence-electron chi connectivity index (χ3n) is 10.3. The molecule has 53 heavy (non-hydrogen) atoms. The Kier molecular flexibility index (Phi) is 9.38. The number of imide groups is 1. The van der Waals surface area contributed by atoms with Crippen molar-refractivity contribution in [2.45, 2.75) is 57.2 Å². The number of benzene rings is 2. The molecule has 2 saturated heterocycles. The van der Waals surface area contributed by atoms with Crippen LogP contribution in [0.4, 0.5) is 34.6 Å². The van der Waals surface area contributed by atoms with E-state index < -0.39 is 41.3 Å². The summed E-state index contributed by atoms with van der Waals surface area (Å²) in [5, 5.41) is 11.9. The molecule has 3 aliphatic rings. The molecule has 16 heteroatoms. The number of hydrogen-bond donors (Lipinski definition) is 4. The second-order valence-electron chi connectivity index (χ2n) is 14.0. The van der Waals surface area contributed by atoms with Crippen LogP contribution in [0.3, 0.4) is 0 Å². The lowest BCUT2D eigenvalue weighted by molar-refractivity contribution is -0.141. The fourth-order valence-corrected chi connectivity index (χ4v) is 7.63. The van der Waals surface area contributed by atoms with Crippen LogP contribution in [0.15, 0.2) is 66.9 Å². The first-order valence-electron chi connectivity index (χ1n) is 17.2. The molecule has 2 aromatic carbocycles. The highest BCUT2D eigenvalue weighted by Crippen LogP contribution is 2.54. The highest BCUT2D eigenvalue weighted by molar-refractivity contribution is 6.07. The number of hydrogen-bond acceptors (Lipinski definition) is 8. The van der Waals surface area contributed by atoms with Gasteiger partial charge in [-0.1, -0.05) is 18.2 Å². The minimum Gasteiger partial charge on any atom is -0.374 e. The first kappa shape index (κ1) is 35.6. The van der Waals surface area contributed by atoms with E-state index in [1.54, 1.807) is 12.1 Å². The lowest BCUT2D eigenvalue weighted by Crippen LogP contribution is -2.48. The van der Waals surface area contributed by atoms with E-state index in [9.17, 15) is 32.3 Å². The monoisotopic (exact) mass is 732 g/mol. The Hall–Kier alpha value is -5.80. The molecule has 5 N–H and O–H groups in total. The van der Waals surface area contributed by atoms with Gasteiger partial charge in [0.05, 0.1) is 23.3 Å². The fourth-order valence-electron chi connectivity index (χ4n) is 7.63. The van der Waals surface area contributed by atoms with Crippen molar-refractivity contribution in [3.63, 3.8) is 0 Å². The topological polar surface area (TPSA) is 164 Å². The second-order valence-corrected chi connectivity index (χ2v) is 14.0. The standard InChI is InChI=1S/C37H36F4N8O4/c38-25-17-23(43-27-9-11-31(50)46-35(27)53)6-10-29(25)48-14-12-36(13-15-48)18-22(19-36)16-21-4-7-24(8-5-21)49-20-28(32(47-49)33(42)51)45-34(52)26-2-1-3-30(44-26)37(39,40)41/h1-8,10,17,20,22,27,43H,9,11-16,18-19H2,(H2,42,51)(H,45,52)(H,46,50,53). The molecule has 4 aromatic rings. The largest absolute Gasteiger partial charge is 0.433 e. The van der Waals surface area contributed by atoms with Gasteiger partial charge in [0.1, 0.15) is 23.2 Å². The van der Waals surface area contributed by atoms with Crippen molar-refractivity contribution in [2.75, 3.05) is 28.6 Å². The van der Waals surface area contributed by atoms with Crippen LogP contribution in [0.2, 0.25) is 0 Å². The maximum Gasteiger partial charge on any atom is 0.433 e. The molecule has 1 saturated carbocycles. The van der Waals surface area contributed by atoms with E-state index in [4.69, 9.17) is 5.73 Å². The molecule has 276 valence electrons. The summed E-state index contributed by atoms with van der Waals surface area (Å²) in [5.41, 5.74) is 6.39. The summed E-state index contributed by atoms with van der Waals surface area (Å²) >= 11 is 0. The molecule has 4 amide bonds. The lowest BCUT2D eigenvalue weighted by atomic mass is 9.56. The van der Waals surface area contributed by atoms with Crippen LogP contribution < -0.4 is 26.6 Å². The Bertz CT molecular complexity index is 2070. The molecule has 1 spiro atoms. The van der Waals surface area contributed by atoms with Gasteiger partial charge in [0.15, 0.2) is 5.69 Å². The predicted molar refractivity (Wildman–Crippen MR) is 186 cm³/mol. The van der Waals surface area contributed by atoms with Crippen LogP contribution in [-0.4, -0.2) is 57.5 Å². The zero-order valence-electron chi connectivity index (χ0n) is 28.4. The average molecular weight is 733 g/mol. The number of nitrogens with zero attached hydrogens (tertiary/aromatic N) is 4. The maximum absolute atomic E-state index is 15.2. The van der Waals surface area contributed by atoms with E-state index in [1.807, 2.05) is 24.3 Å². The highest BCUT2D eigenvalue weighted by atomic mass is 19.4. The smallest absolute Gasteiger partial charge is 0.374 e. The van der Waals surface area contributed by atoms with Crippen molar-refractivity contribution in [3.8, 4) is 5.69 Å². The Morgan fingerprint density at radius 1 is 1.02 bits per heavy atom. The van der Waals surface area contributed by atoms with Gasteiger partial charge in [0.25, 0.3) is 11.8 Å². The number of piperidine rings is 2. The molecule has 12 nitrogen and oxygen atoms in total. The molecule has 2 aliphatic heterocycles. The van der Waals surface area contributed by atoms with E-state index in [0.717, 1.165) is 69.0 Å². The first-order valence-corrected chi connectivity index (χ1v) is 17.2. The van der Waals surface area contributed by atoms with Gasteiger partial charge in [-0.05, 0) is 97.9 Å². The number of halogens is 4. The zero-order valence-corrected chi connectivity index (χ0v) is 28.4. The Morgan fingerprint density at radius 2 is 1.75 bits per heavy atom. The number of nitrogens with one attached hydrogen (secondary N) is 3. The summed E-state index contributed by atoms with van der Waals surface area (Å²) in [6.07, 6.45) is 2.17. The van der Waals surface area contributed by atoms with E-state index in [1.165, 1.54) is 16.9 Å². The van der Waals surface area contributed by atoms with Crippen molar-refractivity contribution < 1.29 is 36.7 Å². The van der Waals surface area contributed by atoms with Crippen molar-refractivity contribution in [1.29, 1.82) is 0 Å². The third-order valence-corrected chi connectivity index (χ3v) is 10.3. The molecule has 4 heterocycles. The fraction of sp³-hybridized carbons (Fsp3) is 0.351. The number of carbonyl (C=O) groups is 4. The second kappa shape index (κ2) is 14.0. The van der Waals surface area contributed by atoms with Gasteiger partial charge in [-0.2, -0.15) is 18.3 Å². The van der Waals surface area contributed by atoms with Gasteiger partial charge in [0.2, 0.25) is 11.8 Å². The van der Waals surface area contributed by atoms with Crippen LogP contribution in [0, 0.1) is 17.2 Å². The quantitative estimate of drug-likeness (QED) is 0.134. The normalized spacial score (nSPS) is 18.7. The third kappa shape index (κ3) is 7.71. The van der Waals surface area contributed by atoms with Gasteiger partial charge >= 0.3 is 6.18 Å². The van der Waals surface area contributed by atoms with Gasteiger partial charge < -0.3 is 21.3 Å². The number of anilines is 3. The van der Waals surface area contributed by atoms with Crippen molar-refractivity contribution in [2.24, 2.45) is 17.1 Å². The lowest BCUT2D eigenvalue weighted by Gasteiger charge is -2.53. The summed E-state index contributed by atoms with van der Waals surface area (Å²) in [7, 11) is 0. The Morgan fingerprint density at radius 3 is 2.42 bits per heavy atom. The zero-order chi connectivity index (χ0) is 37.5. The van der Waals surface area contributed by atoms with Crippen LogP contribution in [0.25, 0.3) is 5.69 Å². The minimum atomic E-state index is -4.73. The van der Waals surface area contributed by atoms with E-state index >= 15 is 4.39 Å². The molecular formula is C37H36F4N8O4. The number of nitrogens with two attached hydrogens (primary N) is 1. The van der Waals surface area contributed by atoms with Crippen LogP contribution >= 0.6 is 0 Å². The van der Waals surface area contributed by atoms with E-state index in [-0.39, 0.29) is 34.9 Å². The van der Waals surface area contributed by atoms with Crippen LogP contribution in [0.5, 0.6) is 0 Å². The van der Waals surface area contributed by atoms with E-state index in [2.05, 4.69) is 30.9 Å². The Labute approximate surface area is 301 Å². The van der Waals surface area contributed by atoms with Gasteiger partial charge in [0, 0.05) is 25.2 Å². The number of rotatable bonds is 9. The van der Waals surface area contributed by atoms with Crippen LogP contribution in [-0.2, 0) is 22.2 Å². The molecule has 3 fully saturated rings. The van der Waals surface area contributed by atoms with Crippen molar-refractivity contribution in [3.05, 3.63) is 95.3 Å². The minimum absolute atomic E-state index is 0.0712. The molecule has 1 aliphatic carbocycles. The average Bonchev–Trinajstić information content (AvgIpc) is 3.53. The summed E-state index contributed by atoms with van der Waals surface area (Å²) in [4.78, 5) is 53.7. The SMILES string of the molecule is NC(=O)c1nn(-c2ccc(CC3CC4(CCN(c5ccc(NC6CCC(=O)NC6=O)cc5F)CC4)C3)cc2)cc1NC(=O)c1cccc(C(F)(F)F)n1. The van der Waals surface area contributed by atoms with Crippen molar-refractivity contribution in [1.82, 2.24) is 20.1 Å². The molecular weight excluding hydrogens is 696 g/mol. The summed E-state index contributed by atoms with van der Waals surface area (Å²) < 4.78 is 55.8.